The lowest BCUT2D eigenvalue weighted by Crippen LogP contribution is -2.46. The molecule has 3 atom stereocenters. The number of carbonyl (C=O) groups is 1. The first-order chi connectivity index (χ1) is 18.7. The predicted molar refractivity (Wildman–Crippen MR) is 146 cm³/mol. The number of aromatic hydroxyl groups is 1. The van der Waals surface area contributed by atoms with Gasteiger partial charge in [-0.15, -0.1) is 0 Å². The summed E-state index contributed by atoms with van der Waals surface area (Å²) in [5.74, 6) is -0.307. The number of likely N-dealkylation sites (tertiary alicyclic amines) is 1. The number of ether oxygens (including phenoxy) is 1. The Labute approximate surface area is 226 Å². The molecule has 0 spiro atoms. The number of pyridine rings is 1. The van der Waals surface area contributed by atoms with Gasteiger partial charge >= 0.3 is 0 Å². The molecule has 2 aliphatic rings. The number of primary amides is 1. The highest BCUT2D eigenvalue weighted by atomic mass is 16.5. The van der Waals surface area contributed by atoms with Crippen molar-refractivity contribution >= 4 is 5.91 Å². The molecule has 4 heterocycles. The molecule has 1 saturated heterocycles. The van der Waals surface area contributed by atoms with Crippen LogP contribution in [0.4, 0.5) is 0 Å². The molecule has 39 heavy (non-hydrogen) atoms. The molecular formula is C30H33N3O6. The van der Waals surface area contributed by atoms with Gasteiger partial charge in [0.15, 0.2) is 5.76 Å². The summed E-state index contributed by atoms with van der Waals surface area (Å²) in [4.78, 5) is 39.4. The van der Waals surface area contributed by atoms with E-state index in [0.717, 1.165) is 30.8 Å². The summed E-state index contributed by atoms with van der Waals surface area (Å²) < 4.78 is 13.7. The van der Waals surface area contributed by atoms with E-state index in [1.54, 1.807) is 36.4 Å². The van der Waals surface area contributed by atoms with Crippen LogP contribution in [-0.2, 0) is 17.9 Å². The topological polar surface area (TPSA) is 128 Å². The normalized spacial score (nSPS) is 19.2. The van der Waals surface area contributed by atoms with E-state index in [1.165, 1.54) is 6.07 Å². The van der Waals surface area contributed by atoms with Gasteiger partial charge < -0.3 is 24.6 Å². The molecule has 3 aromatic rings. The third-order valence-corrected chi connectivity index (χ3v) is 7.42. The Morgan fingerprint density at radius 3 is 2.67 bits per heavy atom. The second-order valence-corrected chi connectivity index (χ2v) is 10.7. The van der Waals surface area contributed by atoms with Gasteiger partial charge in [0.25, 0.3) is 5.56 Å². The summed E-state index contributed by atoms with van der Waals surface area (Å²) in [6.45, 7) is 8.57. The first-order valence-corrected chi connectivity index (χ1v) is 13.1. The van der Waals surface area contributed by atoms with Crippen LogP contribution in [0.25, 0.3) is 0 Å². The van der Waals surface area contributed by atoms with Crippen molar-refractivity contribution in [3.63, 3.8) is 0 Å². The Bertz CT molecular complexity index is 1510. The number of piperidine rings is 1. The van der Waals surface area contributed by atoms with Crippen molar-refractivity contribution in [1.29, 1.82) is 0 Å². The zero-order chi connectivity index (χ0) is 27.7. The van der Waals surface area contributed by atoms with Gasteiger partial charge in [-0.2, -0.15) is 0 Å². The molecule has 5 rings (SSSR count). The number of nitrogens with two attached hydrogens (primary N) is 1. The first-order valence-electron chi connectivity index (χ1n) is 13.1. The van der Waals surface area contributed by atoms with E-state index >= 15 is 0 Å². The average molecular weight is 532 g/mol. The second kappa shape index (κ2) is 10.9. The Morgan fingerprint density at radius 2 is 1.95 bits per heavy atom. The number of amides is 1. The highest BCUT2D eigenvalue weighted by molar-refractivity contribution is 5.75. The summed E-state index contributed by atoms with van der Waals surface area (Å²) >= 11 is 0. The van der Waals surface area contributed by atoms with Crippen LogP contribution in [0.3, 0.4) is 0 Å². The molecular weight excluding hydrogens is 498 g/mol. The van der Waals surface area contributed by atoms with E-state index in [4.69, 9.17) is 14.9 Å². The van der Waals surface area contributed by atoms with Crippen molar-refractivity contribution in [1.82, 2.24) is 9.47 Å². The monoisotopic (exact) mass is 531 g/mol. The quantitative estimate of drug-likeness (QED) is 0.406. The van der Waals surface area contributed by atoms with Gasteiger partial charge in [0.05, 0.1) is 12.5 Å². The zero-order valence-corrected chi connectivity index (χ0v) is 22.0. The predicted octanol–water partition coefficient (Wildman–Crippen LogP) is 3.09. The highest BCUT2D eigenvalue weighted by Gasteiger charge is 2.35. The van der Waals surface area contributed by atoms with Gasteiger partial charge in [0, 0.05) is 49.8 Å². The average Bonchev–Trinajstić information content (AvgIpc) is 2.89. The molecule has 0 aliphatic carbocycles. The second-order valence-electron chi connectivity index (χ2n) is 10.7. The molecule has 1 fully saturated rings. The number of rotatable bonds is 9. The fourth-order valence-electron chi connectivity index (χ4n) is 5.78. The SMILES string of the molecule is C=C(C)COc1ccc(C(CC(N)=O)c2oc(CN3C[C@H]4C[C@@H](C3)c3cccc(=O)n3C4)cc(=O)c2O)cc1. The van der Waals surface area contributed by atoms with Crippen LogP contribution in [0.15, 0.2) is 74.7 Å². The van der Waals surface area contributed by atoms with E-state index in [2.05, 4.69) is 11.5 Å². The van der Waals surface area contributed by atoms with Gasteiger partial charge in [-0.05, 0) is 48.6 Å². The molecule has 1 aromatic carbocycles. The minimum absolute atomic E-state index is 0.0148. The van der Waals surface area contributed by atoms with Crippen molar-refractivity contribution in [2.24, 2.45) is 11.7 Å². The molecule has 9 nitrogen and oxygen atoms in total. The lowest BCUT2D eigenvalue weighted by Gasteiger charge is -2.42. The number of fused-ring (bicyclic) bond motifs is 4. The van der Waals surface area contributed by atoms with Gasteiger partial charge in [-0.25, -0.2) is 0 Å². The van der Waals surface area contributed by atoms with Crippen LogP contribution in [0, 0.1) is 5.92 Å². The van der Waals surface area contributed by atoms with Gasteiger partial charge in [-0.1, -0.05) is 24.8 Å². The summed E-state index contributed by atoms with van der Waals surface area (Å²) in [5.41, 5.74) is 7.57. The van der Waals surface area contributed by atoms with Crippen molar-refractivity contribution in [3.8, 4) is 11.5 Å². The van der Waals surface area contributed by atoms with E-state index < -0.39 is 23.0 Å². The van der Waals surface area contributed by atoms with Crippen molar-refractivity contribution < 1.29 is 19.1 Å². The number of aromatic nitrogens is 1. The van der Waals surface area contributed by atoms with Crippen molar-refractivity contribution in [2.75, 3.05) is 19.7 Å². The van der Waals surface area contributed by atoms with Crippen LogP contribution in [0.5, 0.6) is 11.5 Å². The van der Waals surface area contributed by atoms with E-state index in [0.29, 0.717) is 42.7 Å². The van der Waals surface area contributed by atoms with Crippen LogP contribution in [0.1, 0.15) is 54.4 Å². The molecule has 0 radical (unpaired) electrons. The molecule has 204 valence electrons. The third-order valence-electron chi connectivity index (χ3n) is 7.42. The molecule has 1 amide bonds. The Morgan fingerprint density at radius 1 is 1.18 bits per heavy atom. The van der Waals surface area contributed by atoms with Gasteiger partial charge in [0.2, 0.25) is 17.1 Å². The number of benzene rings is 1. The molecule has 1 unspecified atom stereocenters. The van der Waals surface area contributed by atoms with Gasteiger partial charge in [0.1, 0.15) is 18.1 Å². The number of hydrogen-bond acceptors (Lipinski definition) is 7. The molecule has 2 aromatic heterocycles. The van der Waals surface area contributed by atoms with Crippen LogP contribution in [0.2, 0.25) is 0 Å². The first kappa shape index (κ1) is 26.5. The summed E-state index contributed by atoms with van der Waals surface area (Å²) in [5, 5.41) is 10.7. The number of nitrogens with zero attached hydrogens (tertiary/aromatic N) is 2. The largest absolute Gasteiger partial charge is 0.502 e. The lowest BCUT2D eigenvalue weighted by molar-refractivity contribution is -0.118. The number of carbonyl (C=O) groups excluding carboxylic acids is 1. The lowest BCUT2D eigenvalue weighted by atomic mass is 9.83. The molecule has 2 bridgehead atoms. The minimum Gasteiger partial charge on any atom is -0.502 e. The maximum absolute atomic E-state index is 12.8. The highest BCUT2D eigenvalue weighted by Crippen LogP contribution is 2.37. The molecule has 9 heteroatoms. The maximum atomic E-state index is 12.8. The Kier molecular flexibility index (Phi) is 7.43. The van der Waals surface area contributed by atoms with Crippen LogP contribution >= 0.6 is 0 Å². The summed E-state index contributed by atoms with van der Waals surface area (Å²) in [6, 6.07) is 13.7. The molecule has 3 N–H and O–H groups in total. The molecule has 0 saturated carbocycles. The van der Waals surface area contributed by atoms with Gasteiger partial charge in [-0.3, -0.25) is 19.3 Å². The Balaban J connectivity index is 1.40. The van der Waals surface area contributed by atoms with Crippen molar-refractivity contribution in [3.05, 3.63) is 104 Å². The van der Waals surface area contributed by atoms with Crippen LogP contribution in [-0.4, -0.2) is 40.2 Å². The van der Waals surface area contributed by atoms with Crippen LogP contribution < -0.4 is 21.5 Å². The van der Waals surface area contributed by atoms with E-state index in [9.17, 15) is 19.5 Å². The standard InChI is InChI=1S/C30H33N3O6/c1-18(2)17-38-22-8-6-20(7-9-22)24(12-27(31)35)30-29(37)26(34)11-23(39-30)16-32-13-19-10-21(15-32)25-4-3-5-28(36)33(25)14-19/h3-9,11,19,21,24,37H,1,10,12-17H2,2H3,(H2,31,35)/t19-,21+,24?/m1/s1. The fourth-order valence-corrected chi connectivity index (χ4v) is 5.78. The molecule has 2 aliphatic heterocycles. The minimum atomic E-state index is -0.746. The number of hydrogen-bond donors (Lipinski definition) is 2. The third kappa shape index (κ3) is 5.83. The smallest absolute Gasteiger partial charge is 0.250 e. The fraction of sp³-hybridized carbons (Fsp3) is 0.367. The Hall–Kier alpha value is -4.11. The van der Waals surface area contributed by atoms with E-state index in [-0.39, 0.29) is 23.7 Å². The maximum Gasteiger partial charge on any atom is 0.250 e. The summed E-state index contributed by atoms with van der Waals surface area (Å²) in [6.07, 6.45) is 0.864. The van der Waals surface area contributed by atoms with Crippen molar-refractivity contribution in [2.45, 2.75) is 44.7 Å². The summed E-state index contributed by atoms with van der Waals surface area (Å²) in [7, 11) is 0. The zero-order valence-electron chi connectivity index (χ0n) is 22.0. The van der Waals surface area contributed by atoms with E-state index in [1.807, 2.05) is 17.6 Å².